The van der Waals surface area contributed by atoms with Gasteiger partial charge >= 0.3 is 6.03 Å². The van der Waals surface area contributed by atoms with Crippen molar-refractivity contribution in [3.63, 3.8) is 0 Å². The molecule has 1 saturated heterocycles. The molecule has 2 atom stereocenters. The molecule has 5 nitrogen and oxygen atoms in total. The number of rotatable bonds is 6. The summed E-state index contributed by atoms with van der Waals surface area (Å²) in [6, 6.07) is 19.7. The standard InChI is InChI=1S/C22H28N2O3.CH4/c1-22(2,26)27-20-13-14-24(16-18-11-7-4-8-12-18)21(25)23-19(20)15-17-9-5-3-6-10-17;/h3-12,19-20,26H,13-16H2,1-2H3,(H,23,25);1H4. The minimum atomic E-state index is -1.25. The van der Waals surface area contributed by atoms with Gasteiger partial charge in [0.1, 0.15) is 0 Å². The number of ether oxygens (including phenoxy) is 1. The van der Waals surface area contributed by atoms with E-state index in [1.165, 1.54) is 0 Å². The lowest BCUT2D eigenvalue weighted by atomic mass is 9.99. The van der Waals surface area contributed by atoms with Crippen molar-refractivity contribution in [2.24, 2.45) is 0 Å². The summed E-state index contributed by atoms with van der Waals surface area (Å²) >= 11 is 0. The molecule has 0 aromatic heterocycles. The van der Waals surface area contributed by atoms with E-state index in [0.29, 0.717) is 25.9 Å². The van der Waals surface area contributed by atoms with E-state index < -0.39 is 5.79 Å². The Morgan fingerprint density at radius 2 is 1.64 bits per heavy atom. The molecule has 0 aliphatic carbocycles. The molecule has 1 heterocycles. The second-order valence-corrected chi connectivity index (χ2v) is 7.54. The number of urea groups is 1. The zero-order valence-electron chi connectivity index (χ0n) is 16.0. The van der Waals surface area contributed by atoms with Gasteiger partial charge in [-0.25, -0.2) is 4.79 Å². The van der Waals surface area contributed by atoms with Crippen molar-refractivity contribution < 1.29 is 14.6 Å². The maximum absolute atomic E-state index is 12.8. The molecular weight excluding hydrogens is 352 g/mol. The van der Waals surface area contributed by atoms with Crippen LogP contribution in [0.15, 0.2) is 60.7 Å². The van der Waals surface area contributed by atoms with Gasteiger partial charge < -0.3 is 20.1 Å². The molecule has 2 aromatic carbocycles. The van der Waals surface area contributed by atoms with Crippen molar-refractivity contribution in [3.8, 4) is 0 Å². The molecule has 0 bridgehead atoms. The maximum Gasteiger partial charge on any atom is 0.318 e. The Kier molecular flexibility index (Phi) is 7.61. The van der Waals surface area contributed by atoms with E-state index in [1.807, 2.05) is 60.7 Å². The smallest absolute Gasteiger partial charge is 0.318 e. The predicted octanol–water partition coefficient (Wildman–Crippen LogP) is 3.96. The van der Waals surface area contributed by atoms with Gasteiger partial charge in [-0.2, -0.15) is 0 Å². The first kappa shape index (κ1) is 21.9. The van der Waals surface area contributed by atoms with E-state index in [2.05, 4.69) is 5.32 Å². The lowest BCUT2D eigenvalue weighted by Crippen LogP contribution is -2.48. The largest absolute Gasteiger partial charge is 0.366 e. The number of hydrogen-bond acceptors (Lipinski definition) is 3. The van der Waals surface area contributed by atoms with Crippen molar-refractivity contribution in [3.05, 3.63) is 71.8 Å². The molecule has 1 aliphatic rings. The van der Waals surface area contributed by atoms with Crippen molar-refractivity contribution in [1.29, 1.82) is 0 Å². The Hall–Kier alpha value is -2.37. The van der Waals surface area contributed by atoms with E-state index in [9.17, 15) is 9.90 Å². The predicted molar refractivity (Wildman–Crippen MR) is 112 cm³/mol. The van der Waals surface area contributed by atoms with Gasteiger partial charge in [0.25, 0.3) is 0 Å². The number of nitrogens with one attached hydrogen (secondary N) is 1. The minimum absolute atomic E-state index is 0. The minimum Gasteiger partial charge on any atom is -0.366 e. The monoisotopic (exact) mass is 384 g/mol. The van der Waals surface area contributed by atoms with Crippen LogP contribution in [-0.2, 0) is 17.7 Å². The summed E-state index contributed by atoms with van der Waals surface area (Å²) < 4.78 is 5.90. The van der Waals surface area contributed by atoms with Crippen LogP contribution in [0.5, 0.6) is 0 Å². The van der Waals surface area contributed by atoms with Gasteiger partial charge in [-0.15, -0.1) is 0 Å². The summed E-state index contributed by atoms with van der Waals surface area (Å²) in [4.78, 5) is 14.6. The zero-order chi connectivity index (χ0) is 19.3. The molecule has 5 heteroatoms. The van der Waals surface area contributed by atoms with Crippen LogP contribution in [0.3, 0.4) is 0 Å². The van der Waals surface area contributed by atoms with Gasteiger partial charge in [-0.3, -0.25) is 0 Å². The van der Waals surface area contributed by atoms with Gasteiger partial charge in [0.2, 0.25) is 0 Å². The van der Waals surface area contributed by atoms with Crippen molar-refractivity contribution >= 4 is 6.03 Å². The molecule has 1 aliphatic heterocycles. The van der Waals surface area contributed by atoms with E-state index >= 15 is 0 Å². The van der Waals surface area contributed by atoms with Crippen LogP contribution in [0.4, 0.5) is 4.79 Å². The number of carbonyl (C=O) groups is 1. The Morgan fingerprint density at radius 1 is 1.07 bits per heavy atom. The quantitative estimate of drug-likeness (QED) is 0.741. The fraction of sp³-hybridized carbons (Fsp3) is 0.435. The van der Waals surface area contributed by atoms with Crippen LogP contribution in [0, 0.1) is 0 Å². The molecule has 152 valence electrons. The summed E-state index contributed by atoms with van der Waals surface area (Å²) in [7, 11) is 0. The summed E-state index contributed by atoms with van der Waals surface area (Å²) in [5.74, 6) is -1.25. The van der Waals surface area contributed by atoms with E-state index in [1.54, 1.807) is 18.7 Å². The number of benzene rings is 2. The molecule has 2 unspecified atom stereocenters. The van der Waals surface area contributed by atoms with E-state index in [-0.39, 0.29) is 25.6 Å². The van der Waals surface area contributed by atoms with E-state index in [0.717, 1.165) is 11.1 Å². The normalized spacial score (nSPS) is 20.1. The average molecular weight is 385 g/mol. The first-order chi connectivity index (χ1) is 12.9. The first-order valence-corrected chi connectivity index (χ1v) is 9.44. The fourth-order valence-corrected chi connectivity index (χ4v) is 3.45. The number of nitrogens with zero attached hydrogens (tertiary/aromatic N) is 1. The van der Waals surface area contributed by atoms with Crippen LogP contribution >= 0.6 is 0 Å². The van der Waals surface area contributed by atoms with Gasteiger partial charge in [0, 0.05) is 13.1 Å². The van der Waals surface area contributed by atoms with Crippen LogP contribution < -0.4 is 5.32 Å². The lowest BCUT2D eigenvalue weighted by Gasteiger charge is -2.31. The number of amides is 2. The molecule has 0 spiro atoms. The van der Waals surface area contributed by atoms with Gasteiger partial charge in [0.15, 0.2) is 5.79 Å². The summed E-state index contributed by atoms with van der Waals surface area (Å²) in [5.41, 5.74) is 2.22. The zero-order valence-corrected chi connectivity index (χ0v) is 16.0. The van der Waals surface area contributed by atoms with Gasteiger partial charge in [-0.05, 0) is 37.8 Å². The summed E-state index contributed by atoms with van der Waals surface area (Å²) in [5, 5.41) is 13.3. The van der Waals surface area contributed by atoms with Crippen LogP contribution in [0.25, 0.3) is 0 Å². The molecular formula is C23H32N2O3. The average Bonchev–Trinajstić information content (AvgIpc) is 2.76. The van der Waals surface area contributed by atoms with Crippen molar-refractivity contribution in [1.82, 2.24) is 10.2 Å². The maximum atomic E-state index is 12.8. The SMILES string of the molecule is C.CC(C)(O)OC1CCN(Cc2ccccc2)C(=O)NC1Cc1ccccc1. The van der Waals surface area contributed by atoms with Crippen LogP contribution in [0.2, 0.25) is 0 Å². The first-order valence-electron chi connectivity index (χ1n) is 9.44. The molecule has 2 amide bonds. The highest BCUT2D eigenvalue weighted by Gasteiger charge is 2.34. The van der Waals surface area contributed by atoms with Gasteiger partial charge in [-0.1, -0.05) is 68.1 Å². The fourth-order valence-electron chi connectivity index (χ4n) is 3.45. The molecule has 2 aromatic rings. The molecule has 2 N–H and O–H groups in total. The number of aliphatic hydroxyl groups is 1. The van der Waals surface area contributed by atoms with Crippen molar-refractivity contribution in [2.75, 3.05) is 6.54 Å². The third-order valence-corrected chi connectivity index (χ3v) is 4.68. The van der Waals surface area contributed by atoms with Crippen LogP contribution in [0.1, 0.15) is 38.8 Å². The molecule has 28 heavy (non-hydrogen) atoms. The van der Waals surface area contributed by atoms with Crippen LogP contribution in [-0.4, -0.2) is 40.5 Å². The number of carbonyl (C=O) groups excluding carboxylic acids is 1. The highest BCUT2D eigenvalue weighted by atomic mass is 16.6. The number of hydrogen-bond donors (Lipinski definition) is 2. The van der Waals surface area contributed by atoms with E-state index in [4.69, 9.17) is 4.74 Å². The highest BCUT2D eigenvalue weighted by Crippen LogP contribution is 2.21. The third-order valence-electron chi connectivity index (χ3n) is 4.68. The Labute approximate surface area is 168 Å². The van der Waals surface area contributed by atoms with Crippen molar-refractivity contribution in [2.45, 2.75) is 58.6 Å². The molecule has 3 rings (SSSR count). The topological polar surface area (TPSA) is 61.8 Å². The second-order valence-electron chi connectivity index (χ2n) is 7.54. The Bertz CT molecular complexity index is 729. The lowest BCUT2D eigenvalue weighted by molar-refractivity contribution is -0.211. The third kappa shape index (κ3) is 6.36. The van der Waals surface area contributed by atoms with Gasteiger partial charge in [0.05, 0.1) is 12.1 Å². The summed E-state index contributed by atoms with van der Waals surface area (Å²) in [6.07, 6.45) is 1.05. The highest BCUT2D eigenvalue weighted by molar-refractivity contribution is 5.75. The molecule has 1 fully saturated rings. The Balaban J connectivity index is 0.00000280. The Morgan fingerprint density at radius 3 is 2.21 bits per heavy atom. The summed E-state index contributed by atoms with van der Waals surface area (Å²) in [6.45, 7) is 4.38. The second kappa shape index (κ2) is 9.71. The molecule has 0 saturated carbocycles. The molecule has 0 radical (unpaired) electrons.